The number of thioether (sulfide) groups is 1. The van der Waals surface area contributed by atoms with E-state index in [9.17, 15) is 9.59 Å². The number of aliphatic carboxylic acids is 1. The molecule has 0 aliphatic carbocycles. The monoisotopic (exact) mass is 291 g/mol. The molecule has 1 fully saturated rings. The molecule has 0 radical (unpaired) electrons. The maximum Gasteiger partial charge on any atom is 0.305 e. The van der Waals surface area contributed by atoms with E-state index in [0.29, 0.717) is 38.5 Å². The summed E-state index contributed by atoms with van der Waals surface area (Å²) in [5.74, 6) is 0.681. The second kappa shape index (κ2) is 9.17. The Morgan fingerprint density at radius 3 is 2.84 bits per heavy atom. The molecule has 0 saturated carbocycles. The van der Waals surface area contributed by atoms with Gasteiger partial charge in [0, 0.05) is 25.2 Å². The lowest BCUT2D eigenvalue weighted by atomic mass is 10.2. The molecule has 0 spiro atoms. The van der Waals surface area contributed by atoms with Crippen LogP contribution in [0, 0.1) is 0 Å². The van der Waals surface area contributed by atoms with E-state index in [4.69, 9.17) is 14.6 Å². The van der Waals surface area contributed by atoms with Gasteiger partial charge in [0.2, 0.25) is 5.91 Å². The lowest BCUT2D eigenvalue weighted by Gasteiger charge is -2.34. The predicted molar refractivity (Wildman–Crippen MR) is 72.4 cm³/mol. The Balaban J connectivity index is 2.32. The highest BCUT2D eigenvalue weighted by molar-refractivity contribution is 7.99. The Morgan fingerprint density at radius 2 is 2.16 bits per heavy atom. The number of carbonyl (C=O) groups excluding carboxylic acids is 1. The van der Waals surface area contributed by atoms with E-state index >= 15 is 0 Å². The molecule has 19 heavy (non-hydrogen) atoms. The number of rotatable bonds is 8. The van der Waals surface area contributed by atoms with Gasteiger partial charge in [0.15, 0.2) is 0 Å². The molecule has 110 valence electrons. The van der Waals surface area contributed by atoms with Gasteiger partial charge >= 0.3 is 5.97 Å². The smallest absolute Gasteiger partial charge is 0.305 e. The van der Waals surface area contributed by atoms with Crippen molar-refractivity contribution in [2.24, 2.45) is 0 Å². The molecule has 1 unspecified atom stereocenters. The first-order chi connectivity index (χ1) is 9.15. The lowest BCUT2D eigenvalue weighted by Crippen LogP contribution is -2.47. The van der Waals surface area contributed by atoms with Crippen molar-refractivity contribution in [1.82, 2.24) is 4.90 Å². The van der Waals surface area contributed by atoms with Crippen LogP contribution in [-0.4, -0.2) is 72.9 Å². The van der Waals surface area contributed by atoms with Gasteiger partial charge in [0.1, 0.15) is 0 Å². The minimum Gasteiger partial charge on any atom is -0.481 e. The molecule has 0 aromatic carbocycles. The highest BCUT2D eigenvalue weighted by Crippen LogP contribution is 2.19. The van der Waals surface area contributed by atoms with Crippen LogP contribution in [0.2, 0.25) is 0 Å². The third-order valence-corrected chi connectivity index (χ3v) is 3.94. The van der Waals surface area contributed by atoms with Crippen LogP contribution in [0.3, 0.4) is 0 Å². The highest BCUT2D eigenvalue weighted by Gasteiger charge is 2.28. The topological polar surface area (TPSA) is 76.1 Å². The number of hydrogen-bond donors (Lipinski definition) is 1. The van der Waals surface area contributed by atoms with Gasteiger partial charge in [-0.25, -0.2) is 0 Å². The number of carboxylic acid groups (broad SMARTS) is 1. The van der Waals surface area contributed by atoms with Crippen LogP contribution in [0.1, 0.15) is 12.8 Å². The normalized spacial score (nSPS) is 19.4. The molecule has 6 nitrogen and oxygen atoms in total. The maximum atomic E-state index is 12.0. The van der Waals surface area contributed by atoms with Crippen LogP contribution in [0.5, 0.6) is 0 Å². The summed E-state index contributed by atoms with van der Waals surface area (Å²) < 4.78 is 10.1. The molecule has 0 bridgehead atoms. The molecule has 1 rings (SSSR count). The van der Waals surface area contributed by atoms with Crippen LogP contribution >= 0.6 is 11.8 Å². The number of methoxy groups -OCH3 is 1. The van der Waals surface area contributed by atoms with Gasteiger partial charge in [-0.1, -0.05) is 0 Å². The van der Waals surface area contributed by atoms with Crippen LogP contribution in [0.4, 0.5) is 0 Å². The Labute approximate surface area is 117 Å². The minimum absolute atomic E-state index is 0.0171. The third kappa shape index (κ3) is 6.26. The van der Waals surface area contributed by atoms with E-state index < -0.39 is 5.97 Å². The van der Waals surface area contributed by atoms with Gasteiger partial charge in [-0.15, -0.1) is 0 Å². The molecular weight excluding hydrogens is 270 g/mol. The van der Waals surface area contributed by atoms with E-state index in [1.165, 1.54) is 0 Å². The van der Waals surface area contributed by atoms with Crippen molar-refractivity contribution in [1.29, 1.82) is 0 Å². The fourth-order valence-electron chi connectivity index (χ4n) is 1.90. The number of carbonyl (C=O) groups is 2. The summed E-state index contributed by atoms with van der Waals surface area (Å²) in [6.07, 6.45) is 0.313. The molecule has 7 heteroatoms. The maximum absolute atomic E-state index is 12.0. The first-order valence-electron chi connectivity index (χ1n) is 6.31. The van der Waals surface area contributed by atoms with E-state index in [2.05, 4.69) is 0 Å². The molecule has 1 atom stereocenters. The summed E-state index contributed by atoms with van der Waals surface area (Å²) in [6, 6.07) is -0.192. The summed E-state index contributed by atoms with van der Waals surface area (Å²) in [5.41, 5.74) is 0. The average molecular weight is 291 g/mol. The molecular formula is C12H21NO5S. The van der Waals surface area contributed by atoms with Gasteiger partial charge in [-0.05, 0) is 0 Å². The van der Waals surface area contributed by atoms with Gasteiger partial charge in [-0.3, -0.25) is 9.59 Å². The number of ether oxygens (including phenoxy) is 2. The summed E-state index contributed by atoms with van der Waals surface area (Å²) >= 11 is 1.70. The van der Waals surface area contributed by atoms with Crippen LogP contribution in [0.15, 0.2) is 0 Å². The van der Waals surface area contributed by atoms with Gasteiger partial charge in [-0.2, -0.15) is 11.8 Å². The summed E-state index contributed by atoms with van der Waals surface area (Å²) in [7, 11) is 1.59. The molecule has 0 aromatic rings. The van der Waals surface area contributed by atoms with Crippen LogP contribution in [-0.2, 0) is 19.1 Å². The zero-order valence-electron chi connectivity index (χ0n) is 11.2. The predicted octanol–water partition coefficient (Wildman–Crippen LogP) is 0.458. The van der Waals surface area contributed by atoms with E-state index in [-0.39, 0.29) is 18.4 Å². The van der Waals surface area contributed by atoms with Gasteiger partial charge < -0.3 is 19.5 Å². The second-order valence-corrected chi connectivity index (χ2v) is 5.42. The van der Waals surface area contributed by atoms with Crippen molar-refractivity contribution < 1.29 is 24.2 Å². The van der Waals surface area contributed by atoms with Gasteiger partial charge in [0.25, 0.3) is 0 Å². The zero-order chi connectivity index (χ0) is 14.1. The third-order valence-electron chi connectivity index (χ3n) is 2.85. The van der Waals surface area contributed by atoms with E-state index in [1.54, 1.807) is 23.8 Å². The number of carboxylic acids is 1. The lowest BCUT2D eigenvalue weighted by molar-refractivity contribution is -0.140. The second-order valence-electron chi connectivity index (χ2n) is 4.27. The van der Waals surface area contributed by atoms with Crippen LogP contribution in [0.25, 0.3) is 0 Å². The molecule has 1 N–H and O–H groups in total. The number of amides is 1. The quantitative estimate of drug-likeness (QED) is 0.655. The van der Waals surface area contributed by atoms with Crippen molar-refractivity contribution in [3.8, 4) is 0 Å². The first kappa shape index (κ1) is 16.3. The largest absolute Gasteiger partial charge is 0.481 e. The van der Waals surface area contributed by atoms with E-state index in [1.807, 2.05) is 0 Å². The molecule has 1 aliphatic rings. The minimum atomic E-state index is -0.860. The molecule has 1 saturated heterocycles. The standard InChI is InChI=1S/C12H21NO5S/c1-17-5-6-18-4-2-11(14)13-3-7-19-9-10(13)8-12(15)16/h10H,2-9H2,1H3,(H,15,16). The number of hydrogen-bond acceptors (Lipinski definition) is 5. The van der Waals surface area contributed by atoms with Crippen molar-refractivity contribution in [3.05, 3.63) is 0 Å². The summed E-state index contributed by atoms with van der Waals surface area (Å²) in [4.78, 5) is 24.5. The Kier molecular flexibility index (Phi) is 7.85. The SMILES string of the molecule is COCCOCCC(=O)N1CCSCC1CC(=O)O. The summed E-state index contributed by atoms with van der Waals surface area (Å²) in [6.45, 7) is 1.96. The van der Waals surface area contributed by atoms with Crippen molar-refractivity contribution >= 4 is 23.6 Å². The molecule has 0 aromatic heterocycles. The van der Waals surface area contributed by atoms with Crippen molar-refractivity contribution in [2.75, 3.05) is 45.0 Å². The zero-order valence-corrected chi connectivity index (χ0v) is 12.0. The van der Waals surface area contributed by atoms with Crippen LogP contribution < -0.4 is 0 Å². The average Bonchev–Trinajstić information content (AvgIpc) is 2.38. The molecule has 1 heterocycles. The Morgan fingerprint density at radius 1 is 1.37 bits per heavy atom. The number of nitrogens with zero attached hydrogens (tertiary/aromatic N) is 1. The molecule has 1 aliphatic heterocycles. The van der Waals surface area contributed by atoms with Crippen molar-refractivity contribution in [3.63, 3.8) is 0 Å². The van der Waals surface area contributed by atoms with E-state index in [0.717, 1.165) is 5.75 Å². The van der Waals surface area contributed by atoms with Crippen molar-refractivity contribution in [2.45, 2.75) is 18.9 Å². The fraction of sp³-hybridized carbons (Fsp3) is 0.833. The highest BCUT2D eigenvalue weighted by atomic mass is 32.2. The summed E-state index contributed by atoms with van der Waals surface area (Å²) in [5, 5.41) is 8.85. The Hall–Kier alpha value is -0.790. The van der Waals surface area contributed by atoms with Gasteiger partial charge in [0.05, 0.1) is 38.7 Å². The first-order valence-corrected chi connectivity index (χ1v) is 7.46. The Bertz CT molecular complexity index is 300. The fourth-order valence-corrected chi connectivity index (χ4v) is 2.96. The molecule has 1 amide bonds.